The predicted octanol–water partition coefficient (Wildman–Crippen LogP) is 1.81. The molecule has 2 rings (SSSR count). The number of carbonyl (C=O) groups excluding carboxylic acids is 1. The number of methoxy groups -OCH3 is 1. The van der Waals surface area contributed by atoms with Gasteiger partial charge in [0.15, 0.2) is 5.82 Å². The van der Waals surface area contributed by atoms with Crippen LogP contribution in [-0.2, 0) is 4.74 Å². The summed E-state index contributed by atoms with van der Waals surface area (Å²) in [6.07, 6.45) is 1.24. The smallest absolute Gasteiger partial charge is 0.362 e. The molecule has 7 heteroatoms. The molecule has 19 heavy (non-hydrogen) atoms. The van der Waals surface area contributed by atoms with Gasteiger partial charge in [0.05, 0.1) is 12.1 Å². The molecule has 0 amide bonds. The van der Waals surface area contributed by atoms with Crippen molar-refractivity contribution in [3.63, 3.8) is 0 Å². The summed E-state index contributed by atoms with van der Waals surface area (Å²) < 4.78 is 19.3. The highest BCUT2D eigenvalue weighted by Gasteiger charge is 2.15. The van der Waals surface area contributed by atoms with Crippen LogP contribution in [0.1, 0.15) is 10.5 Å². The predicted molar refractivity (Wildman–Crippen MR) is 66.1 cm³/mol. The van der Waals surface area contributed by atoms with E-state index in [0.717, 1.165) is 17.9 Å². The van der Waals surface area contributed by atoms with Crippen LogP contribution in [0.3, 0.4) is 0 Å². The van der Waals surface area contributed by atoms with E-state index in [1.165, 1.54) is 24.4 Å². The van der Waals surface area contributed by atoms with Gasteiger partial charge in [0, 0.05) is 12.3 Å². The second-order valence-electron chi connectivity index (χ2n) is 3.54. The molecule has 0 N–H and O–H groups in total. The molecule has 98 valence electrons. The van der Waals surface area contributed by atoms with Crippen LogP contribution < -0.4 is 5.43 Å². The Bertz CT molecular complexity index is 700. The van der Waals surface area contributed by atoms with E-state index in [4.69, 9.17) is 11.6 Å². The number of hydrogen-bond donors (Lipinski definition) is 0. The number of hydrogen-bond acceptors (Lipinski definition) is 4. The summed E-state index contributed by atoms with van der Waals surface area (Å²) in [5.74, 6) is -1.59. The molecular formula is C12H8ClFN2O3. The molecule has 0 aliphatic heterocycles. The molecule has 0 saturated carbocycles. The monoisotopic (exact) mass is 282 g/mol. The number of aromatic nitrogens is 2. The molecule has 1 heterocycles. The summed E-state index contributed by atoms with van der Waals surface area (Å²) in [6.45, 7) is 0. The summed E-state index contributed by atoms with van der Waals surface area (Å²) >= 11 is 5.66. The van der Waals surface area contributed by atoms with Crippen LogP contribution >= 0.6 is 11.6 Å². The molecule has 0 radical (unpaired) electrons. The third kappa shape index (κ3) is 2.48. The maximum atomic E-state index is 13.8. The average Bonchev–Trinajstić information content (AvgIpc) is 2.42. The van der Waals surface area contributed by atoms with Crippen LogP contribution in [0.15, 0.2) is 35.3 Å². The number of rotatable bonds is 2. The lowest BCUT2D eigenvalue weighted by atomic mass is 10.3. The molecule has 0 aliphatic rings. The van der Waals surface area contributed by atoms with E-state index in [1.54, 1.807) is 0 Å². The number of nitrogens with zero attached hydrogens (tertiary/aromatic N) is 2. The highest BCUT2D eigenvalue weighted by Crippen LogP contribution is 2.20. The molecule has 0 spiro atoms. The normalized spacial score (nSPS) is 10.3. The van der Waals surface area contributed by atoms with Gasteiger partial charge in [-0.2, -0.15) is 5.10 Å². The number of ether oxygens (including phenoxy) is 1. The van der Waals surface area contributed by atoms with Crippen LogP contribution in [0, 0.1) is 5.82 Å². The molecule has 0 bridgehead atoms. The highest BCUT2D eigenvalue weighted by atomic mass is 35.5. The minimum Gasteiger partial charge on any atom is -0.464 e. The standard InChI is InChI=1S/C12H8ClFN2O3/c1-19-12(18)11-9(17)5-6-16(15-11)8-4-2-3-7(13)10(8)14/h2-6H,1H3. The summed E-state index contributed by atoms with van der Waals surface area (Å²) in [4.78, 5) is 22.8. The van der Waals surface area contributed by atoms with Gasteiger partial charge >= 0.3 is 5.97 Å². The summed E-state index contributed by atoms with van der Waals surface area (Å²) in [5.41, 5.74) is -1.01. The zero-order valence-electron chi connectivity index (χ0n) is 9.76. The van der Waals surface area contributed by atoms with Gasteiger partial charge in [-0.3, -0.25) is 4.79 Å². The van der Waals surface area contributed by atoms with E-state index in [0.29, 0.717) is 0 Å². The van der Waals surface area contributed by atoms with E-state index < -0.39 is 22.9 Å². The molecule has 0 saturated heterocycles. The van der Waals surface area contributed by atoms with Gasteiger partial charge in [0.2, 0.25) is 11.1 Å². The molecule has 1 aromatic heterocycles. The Labute approximate surface area is 112 Å². The topological polar surface area (TPSA) is 61.2 Å². The Kier molecular flexibility index (Phi) is 3.62. The van der Waals surface area contributed by atoms with Gasteiger partial charge in [-0.1, -0.05) is 17.7 Å². The van der Waals surface area contributed by atoms with Crippen molar-refractivity contribution in [1.29, 1.82) is 0 Å². The first-order chi connectivity index (χ1) is 9.04. The lowest BCUT2D eigenvalue weighted by molar-refractivity contribution is 0.0590. The minimum atomic E-state index is -0.887. The van der Waals surface area contributed by atoms with Gasteiger partial charge < -0.3 is 4.74 Å². The quantitative estimate of drug-likeness (QED) is 0.788. The molecule has 5 nitrogen and oxygen atoms in total. The minimum absolute atomic E-state index is 0.0256. The Morgan fingerprint density at radius 2 is 2.16 bits per heavy atom. The van der Waals surface area contributed by atoms with E-state index >= 15 is 0 Å². The fraction of sp³-hybridized carbons (Fsp3) is 0.0833. The zero-order valence-corrected chi connectivity index (χ0v) is 10.5. The first-order valence-electron chi connectivity index (χ1n) is 5.17. The fourth-order valence-corrected chi connectivity index (χ4v) is 1.62. The van der Waals surface area contributed by atoms with Gasteiger partial charge in [0.1, 0.15) is 5.69 Å². The van der Waals surface area contributed by atoms with Crippen LogP contribution in [-0.4, -0.2) is 22.9 Å². The van der Waals surface area contributed by atoms with Crippen LogP contribution in [0.25, 0.3) is 5.69 Å². The Morgan fingerprint density at radius 1 is 1.42 bits per heavy atom. The molecule has 0 aliphatic carbocycles. The maximum absolute atomic E-state index is 13.8. The van der Waals surface area contributed by atoms with Crippen molar-refractivity contribution in [1.82, 2.24) is 9.78 Å². The first kappa shape index (κ1) is 13.2. The van der Waals surface area contributed by atoms with Gasteiger partial charge in [-0.25, -0.2) is 13.9 Å². The Hall–Kier alpha value is -2.21. The van der Waals surface area contributed by atoms with Gasteiger partial charge in [-0.05, 0) is 12.1 Å². The summed E-state index contributed by atoms with van der Waals surface area (Å²) in [6, 6.07) is 5.42. The van der Waals surface area contributed by atoms with Crippen molar-refractivity contribution in [2.24, 2.45) is 0 Å². The molecule has 0 atom stereocenters. The second-order valence-corrected chi connectivity index (χ2v) is 3.94. The fourth-order valence-electron chi connectivity index (χ4n) is 1.45. The molecule has 0 unspecified atom stereocenters. The van der Waals surface area contributed by atoms with Crippen molar-refractivity contribution in [3.05, 3.63) is 57.2 Å². The van der Waals surface area contributed by atoms with Crippen LogP contribution in [0.2, 0.25) is 5.02 Å². The summed E-state index contributed by atoms with van der Waals surface area (Å²) in [5, 5.41) is 3.66. The zero-order chi connectivity index (χ0) is 14.0. The average molecular weight is 283 g/mol. The first-order valence-corrected chi connectivity index (χ1v) is 5.55. The third-order valence-corrected chi connectivity index (χ3v) is 2.66. The maximum Gasteiger partial charge on any atom is 0.362 e. The lowest BCUT2D eigenvalue weighted by Gasteiger charge is -2.08. The SMILES string of the molecule is COC(=O)c1nn(-c2cccc(Cl)c2F)ccc1=O. The van der Waals surface area contributed by atoms with Crippen molar-refractivity contribution < 1.29 is 13.9 Å². The van der Waals surface area contributed by atoms with E-state index in [9.17, 15) is 14.0 Å². The largest absolute Gasteiger partial charge is 0.464 e. The van der Waals surface area contributed by atoms with E-state index in [1.807, 2.05) is 0 Å². The number of benzene rings is 1. The third-order valence-electron chi connectivity index (χ3n) is 2.37. The summed E-state index contributed by atoms with van der Waals surface area (Å²) in [7, 11) is 1.13. The van der Waals surface area contributed by atoms with E-state index in [-0.39, 0.29) is 10.7 Å². The van der Waals surface area contributed by atoms with Crippen molar-refractivity contribution in [3.8, 4) is 5.69 Å². The number of carbonyl (C=O) groups is 1. The van der Waals surface area contributed by atoms with E-state index in [2.05, 4.69) is 9.84 Å². The van der Waals surface area contributed by atoms with Crippen molar-refractivity contribution in [2.45, 2.75) is 0 Å². The molecule has 2 aromatic rings. The van der Waals surface area contributed by atoms with Gasteiger partial charge in [-0.15, -0.1) is 0 Å². The molecular weight excluding hydrogens is 275 g/mol. The molecule has 0 fully saturated rings. The molecule has 1 aromatic carbocycles. The Morgan fingerprint density at radius 3 is 2.84 bits per heavy atom. The van der Waals surface area contributed by atoms with Crippen LogP contribution in [0.5, 0.6) is 0 Å². The number of halogens is 2. The van der Waals surface area contributed by atoms with Crippen molar-refractivity contribution >= 4 is 17.6 Å². The van der Waals surface area contributed by atoms with Gasteiger partial charge in [0.25, 0.3) is 0 Å². The number of esters is 1. The highest BCUT2D eigenvalue weighted by molar-refractivity contribution is 6.30. The van der Waals surface area contributed by atoms with Crippen molar-refractivity contribution in [2.75, 3.05) is 7.11 Å². The van der Waals surface area contributed by atoms with Crippen LogP contribution in [0.4, 0.5) is 4.39 Å². The Balaban J connectivity index is 2.61. The lowest BCUT2D eigenvalue weighted by Crippen LogP contribution is -2.21. The second kappa shape index (κ2) is 5.19.